The van der Waals surface area contributed by atoms with E-state index in [9.17, 15) is 4.79 Å². The zero-order chi connectivity index (χ0) is 16.2. The number of aryl methyl sites for hydroxylation is 1. The first-order valence-corrected chi connectivity index (χ1v) is 8.09. The average Bonchev–Trinajstić information content (AvgIpc) is 2.78. The molecule has 5 nitrogen and oxygen atoms in total. The molecule has 2 aromatic rings. The number of unbranched alkanes of at least 4 members (excludes halogenated alkanes) is 1. The Labute approximate surface area is 135 Å². The second-order valence-corrected chi connectivity index (χ2v) is 5.76. The summed E-state index contributed by atoms with van der Waals surface area (Å²) in [6.45, 7) is 4.75. The van der Waals surface area contributed by atoms with E-state index >= 15 is 0 Å². The molecule has 1 aliphatic carbocycles. The van der Waals surface area contributed by atoms with Crippen molar-refractivity contribution in [2.75, 3.05) is 6.54 Å². The molecular weight excluding hydrogens is 288 g/mol. The summed E-state index contributed by atoms with van der Waals surface area (Å²) in [6, 6.07) is 3.98. The van der Waals surface area contributed by atoms with E-state index in [2.05, 4.69) is 39.7 Å². The number of aromatic nitrogens is 2. The van der Waals surface area contributed by atoms with Crippen molar-refractivity contribution in [3.05, 3.63) is 40.2 Å². The lowest BCUT2D eigenvalue weighted by Gasteiger charge is -2.07. The van der Waals surface area contributed by atoms with Crippen molar-refractivity contribution in [3.63, 3.8) is 0 Å². The largest absolute Gasteiger partial charge is 0.342 e. The molecule has 0 spiro atoms. The summed E-state index contributed by atoms with van der Waals surface area (Å²) in [5, 5.41) is 7.99. The molecule has 0 aliphatic heterocycles. The Morgan fingerprint density at radius 1 is 1.35 bits per heavy atom. The van der Waals surface area contributed by atoms with Crippen LogP contribution < -0.4 is 21.1 Å². The van der Waals surface area contributed by atoms with Crippen molar-refractivity contribution < 1.29 is 4.79 Å². The lowest BCUT2D eigenvalue weighted by Crippen LogP contribution is -2.35. The number of nitrogens with one attached hydrogen (secondary N) is 3. The van der Waals surface area contributed by atoms with E-state index in [0.717, 1.165) is 52.3 Å². The molecule has 5 heteroatoms. The van der Waals surface area contributed by atoms with Crippen molar-refractivity contribution in [2.45, 2.75) is 33.1 Å². The number of amides is 2. The van der Waals surface area contributed by atoms with E-state index in [-0.39, 0.29) is 6.03 Å². The highest BCUT2D eigenvalue weighted by molar-refractivity contribution is 5.81. The molecule has 23 heavy (non-hydrogen) atoms. The van der Waals surface area contributed by atoms with E-state index < -0.39 is 0 Å². The Bertz CT molecular complexity index is 876. The minimum Gasteiger partial charge on any atom is -0.342 e. The molecule has 120 valence electrons. The molecule has 1 heterocycles. The van der Waals surface area contributed by atoms with Gasteiger partial charge in [-0.1, -0.05) is 31.6 Å². The first-order chi connectivity index (χ1) is 11.2. The maximum atomic E-state index is 12.0. The normalized spacial score (nSPS) is 13.4. The standard InChI is InChI=1S/C18H22N4O/c1-3-4-10-19-18(23)22-14-7-5-6-13-8-9-16-17(15(13)11-14)21-12(2)20-16/h6-9,11H,3-5,10H2,1-2H3,(H,20,21)(H2,19,22,23). The fourth-order valence-corrected chi connectivity index (χ4v) is 2.73. The van der Waals surface area contributed by atoms with Gasteiger partial charge in [-0.05, 0) is 37.1 Å². The quantitative estimate of drug-likeness (QED) is 0.754. The third-order valence-electron chi connectivity index (χ3n) is 3.90. The average molecular weight is 310 g/mol. The number of urea groups is 1. The summed E-state index contributed by atoms with van der Waals surface area (Å²) in [5.74, 6) is 0.891. The molecule has 0 unspecified atom stereocenters. The van der Waals surface area contributed by atoms with Crippen LogP contribution in [-0.4, -0.2) is 22.5 Å². The highest BCUT2D eigenvalue weighted by Crippen LogP contribution is 2.06. The fraction of sp³-hybridized carbons (Fsp3) is 0.333. The van der Waals surface area contributed by atoms with Gasteiger partial charge in [0.2, 0.25) is 0 Å². The van der Waals surface area contributed by atoms with Crippen molar-refractivity contribution in [1.82, 2.24) is 20.6 Å². The predicted molar refractivity (Wildman–Crippen MR) is 93.2 cm³/mol. The summed E-state index contributed by atoms with van der Waals surface area (Å²) < 4.78 is 0. The first-order valence-electron chi connectivity index (χ1n) is 8.09. The van der Waals surface area contributed by atoms with Gasteiger partial charge in [-0.25, -0.2) is 9.78 Å². The Hall–Kier alpha value is -2.56. The van der Waals surface area contributed by atoms with Gasteiger partial charge >= 0.3 is 6.03 Å². The van der Waals surface area contributed by atoms with Crippen molar-refractivity contribution in [3.8, 4) is 0 Å². The molecule has 0 saturated carbocycles. The predicted octanol–water partition coefficient (Wildman–Crippen LogP) is 1.82. The highest BCUT2D eigenvalue weighted by atomic mass is 16.2. The monoisotopic (exact) mass is 310 g/mol. The van der Waals surface area contributed by atoms with Gasteiger partial charge in [-0.3, -0.25) is 0 Å². The topological polar surface area (TPSA) is 69.8 Å². The molecule has 3 N–H and O–H groups in total. The highest BCUT2D eigenvalue weighted by Gasteiger charge is 2.07. The molecule has 1 aliphatic rings. The number of benzene rings is 1. The third kappa shape index (κ3) is 3.44. The minimum atomic E-state index is -0.158. The van der Waals surface area contributed by atoms with Crippen LogP contribution in [0.15, 0.2) is 23.9 Å². The van der Waals surface area contributed by atoms with E-state index in [4.69, 9.17) is 0 Å². The number of allylic oxidation sites excluding steroid dienone is 2. The number of hydrogen-bond donors (Lipinski definition) is 3. The maximum Gasteiger partial charge on any atom is 0.319 e. The summed E-state index contributed by atoms with van der Waals surface area (Å²) in [7, 11) is 0. The molecule has 2 amide bonds. The molecule has 1 aromatic carbocycles. The summed E-state index contributed by atoms with van der Waals surface area (Å²) in [6.07, 6.45) is 9.00. The molecule has 0 saturated heterocycles. The van der Waals surface area contributed by atoms with Crippen LogP contribution in [0, 0.1) is 6.92 Å². The van der Waals surface area contributed by atoms with Crippen LogP contribution >= 0.6 is 0 Å². The SMILES string of the molecule is CCCCNC(=O)NC1=CCC=c2ccc3[nH]c(C)nc3c2=C1. The molecule has 0 fully saturated rings. The lowest BCUT2D eigenvalue weighted by atomic mass is 10.2. The van der Waals surface area contributed by atoms with Crippen molar-refractivity contribution >= 4 is 29.2 Å². The molecular formula is C18H22N4O. The van der Waals surface area contributed by atoms with E-state index in [0.29, 0.717) is 6.54 Å². The molecule has 1 aromatic heterocycles. The van der Waals surface area contributed by atoms with Gasteiger partial charge in [0.25, 0.3) is 0 Å². The van der Waals surface area contributed by atoms with Gasteiger partial charge in [-0.15, -0.1) is 0 Å². The second-order valence-electron chi connectivity index (χ2n) is 5.76. The van der Waals surface area contributed by atoms with Gasteiger partial charge < -0.3 is 15.6 Å². The second kappa shape index (κ2) is 6.69. The molecule has 0 radical (unpaired) electrons. The minimum absolute atomic E-state index is 0.158. The van der Waals surface area contributed by atoms with Crippen molar-refractivity contribution in [2.24, 2.45) is 0 Å². The lowest BCUT2D eigenvalue weighted by molar-refractivity contribution is 0.243. The van der Waals surface area contributed by atoms with E-state index in [1.807, 2.05) is 25.1 Å². The number of fused-ring (bicyclic) bond motifs is 3. The number of H-pyrrole nitrogens is 1. The van der Waals surface area contributed by atoms with Gasteiger partial charge in [-0.2, -0.15) is 0 Å². The Morgan fingerprint density at radius 3 is 3.04 bits per heavy atom. The number of carbonyl (C=O) groups excluding carboxylic acids is 1. The number of rotatable bonds is 4. The van der Waals surface area contributed by atoms with Crippen LogP contribution in [0.4, 0.5) is 4.79 Å². The summed E-state index contributed by atoms with van der Waals surface area (Å²) in [5.41, 5.74) is 2.76. The summed E-state index contributed by atoms with van der Waals surface area (Å²) >= 11 is 0. The Kier molecular flexibility index (Phi) is 4.46. The van der Waals surface area contributed by atoms with Crippen LogP contribution in [0.25, 0.3) is 23.2 Å². The first kappa shape index (κ1) is 15.3. The van der Waals surface area contributed by atoms with Crippen LogP contribution in [0.1, 0.15) is 32.0 Å². The number of nitrogens with zero attached hydrogens (tertiary/aromatic N) is 1. The van der Waals surface area contributed by atoms with Crippen LogP contribution in [0.5, 0.6) is 0 Å². The van der Waals surface area contributed by atoms with Gasteiger partial charge in [0.1, 0.15) is 5.82 Å². The zero-order valence-electron chi connectivity index (χ0n) is 13.6. The molecule has 0 bridgehead atoms. The van der Waals surface area contributed by atoms with Gasteiger partial charge in [0.05, 0.1) is 11.0 Å². The number of aromatic amines is 1. The Morgan fingerprint density at radius 2 is 2.22 bits per heavy atom. The van der Waals surface area contributed by atoms with Crippen LogP contribution in [0.2, 0.25) is 0 Å². The number of hydrogen-bond acceptors (Lipinski definition) is 2. The van der Waals surface area contributed by atoms with E-state index in [1.165, 1.54) is 0 Å². The number of imidazole rings is 1. The maximum absolute atomic E-state index is 12.0. The Balaban J connectivity index is 1.90. The summed E-state index contributed by atoms with van der Waals surface area (Å²) in [4.78, 5) is 19.8. The zero-order valence-corrected chi connectivity index (χ0v) is 13.6. The number of carbonyl (C=O) groups is 1. The van der Waals surface area contributed by atoms with Crippen LogP contribution in [-0.2, 0) is 0 Å². The molecule has 0 atom stereocenters. The van der Waals surface area contributed by atoms with Gasteiger partial charge in [0, 0.05) is 17.5 Å². The van der Waals surface area contributed by atoms with Crippen molar-refractivity contribution in [1.29, 1.82) is 0 Å². The third-order valence-corrected chi connectivity index (χ3v) is 3.90. The molecule has 3 rings (SSSR count). The van der Waals surface area contributed by atoms with E-state index in [1.54, 1.807) is 0 Å². The fourth-order valence-electron chi connectivity index (χ4n) is 2.73. The smallest absolute Gasteiger partial charge is 0.319 e. The van der Waals surface area contributed by atoms with Crippen LogP contribution in [0.3, 0.4) is 0 Å². The van der Waals surface area contributed by atoms with Gasteiger partial charge in [0.15, 0.2) is 0 Å².